The Labute approximate surface area is 181 Å². The highest BCUT2D eigenvalue weighted by Gasteiger charge is 2.47. The topological polar surface area (TPSA) is 139 Å². The summed E-state index contributed by atoms with van der Waals surface area (Å²) >= 11 is 2.97. The Bertz CT molecular complexity index is 1020. The predicted molar refractivity (Wildman–Crippen MR) is 115 cm³/mol. The number of carbonyl (C=O) groups is 2. The first-order chi connectivity index (χ1) is 14.4. The predicted octanol–water partition coefficient (Wildman–Crippen LogP) is 1.21. The number of nitrogens with zero attached hydrogens (tertiary/aromatic N) is 3. The Morgan fingerprint density at radius 1 is 1.13 bits per heavy atom. The van der Waals surface area contributed by atoms with Crippen LogP contribution in [0.4, 0.5) is 0 Å². The van der Waals surface area contributed by atoms with Crippen LogP contribution in [0.15, 0.2) is 12.1 Å². The van der Waals surface area contributed by atoms with Crippen molar-refractivity contribution < 1.29 is 9.59 Å². The molecule has 30 heavy (non-hydrogen) atoms. The van der Waals surface area contributed by atoms with E-state index >= 15 is 0 Å². The number of amides is 2. The van der Waals surface area contributed by atoms with Crippen LogP contribution in [0.25, 0.3) is 0 Å². The summed E-state index contributed by atoms with van der Waals surface area (Å²) in [7, 11) is 3.24. The van der Waals surface area contributed by atoms with E-state index in [1.807, 2.05) is 19.1 Å². The molecule has 1 atom stereocenters. The molecule has 5 N–H and O–H groups in total. The van der Waals surface area contributed by atoms with E-state index in [0.29, 0.717) is 22.0 Å². The summed E-state index contributed by atoms with van der Waals surface area (Å²) in [5.41, 5.74) is 7.46. The maximum Gasteiger partial charge on any atom is 0.261 e. The van der Waals surface area contributed by atoms with Crippen LogP contribution in [-0.2, 0) is 18.3 Å². The molecule has 0 saturated carbocycles. The first kappa shape index (κ1) is 20.6. The van der Waals surface area contributed by atoms with Gasteiger partial charge in [-0.1, -0.05) is 5.21 Å². The van der Waals surface area contributed by atoms with Gasteiger partial charge >= 0.3 is 0 Å². The van der Waals surface area contributed by atoms with Gasteiger partial charge in [0.15, 0.2) is 5.82 Å². The fraction of sp³-hybridized carbons (Fsp3) is 0.421. The lowest BCUT2D eigenvalue weighted by Gasteiger charge is -2.32. The maximum atomic E-state index is 12.4. The quantitative estimate of drug-likeness (QED) is 0.466. The number of aryl methyl sites for hydroxylation is 2. The van der Waals surface area contributed by atoms with Gasteiger partial charge in [0.2, 0.25) is 0 Å². The van der Waals surface area contributed by atoms with Crippen molar-refractivity contribution in [3.63, 3.8) is 0 Å². The Hall–Kier alpha value is -2.63. The van der Waals surface area contributed by atoms with Crippen molar-refractivity contribution >= 4 is 34.5 Å². The molecule has 9 nitrogen and oxygen atoms in total. The van der Waals surface area contributed by atoms with Gasteiger partial charge in [-0.15, -0.1) is 32.9 Å². The number of carbonyl (C=O) groups excluding carboxylic acids is 2. The van der Waals surface area contributed by atoms with E-state index in [4.69, 9.17) is 5.73 Å². The highest BCUT2D eigenvalue weighted by molar-refractivity contribution is 7.15. The van der Waals surface area contributed by atoms with Gasteiger partial charge in [0, 0.05) is 29.9 Å². The SMILES string of the molecule is CNC(=O)c1cc2c(s1)CCc1sc(C(=O)NC)cc1C2(C[C@H](C)N)c1nn[nH]n1. The average Bonchev–Trinajstić information content (AvgIpc) is 3.48. The van der Waals surface area contributed by atoms with Gasteiger partial charge in [-0.2, -0.15) is 5.21 Å². The molecular weight excluding hydrogens is 422 g/mol. The van der Waals surface area contributed by atoms with Crippen LogP contribution in [0.3, 0.4) is 0 Å². The van der Waals surface area contributed by atoms with Gasteiger partial charge in [-0.25, -0.2) is 0 Å². The lowest BCUT2D eigenvalue weighted by molar-refractivity contribution is 0.0959. The number of fused-ring (bicyclic) bond motifs is 2. The third-order valence-corrected chi connectivity index (χ3v) is 7.76. The molecular formula is C19H23N7O2S2. The first-order valence-electron chi connectivity index (χ1n) is 9.60. The van der Waals surface area contributed by atoms with Crippen molar-refractivity contribution in [2.45, 2.75) is 37.6 Å². The van der Waals surface area contributed by atoms with Gasteiger partial charge in [0.25, 0.3) is 11.8 Å². The number of thiophene rings is 2. The number of rotatable bonds is 5. The number of aromatic amines is 1. The monoisotopic (exact) mass is 445 g/mol. The number of hydrogen-bond acceptors (Lipinski definition) is 8. The van der Waals surface area contributed by atoms with Crippen LogP contribution in [0.1, 0.15) is 59.4 Å². The zero-order valence-corrected chi connectivity index (χ0v) is 18.5. The van der Waals surface area contributed by atoms with E-state index < -0.39 is 5.41 Å². The molecule has 4 rings (SSSR count). The summed E-state index contributed by atoms with van der Waals surface area (Å²) < 4.78 is 0. The lowest BCUT2D eigenvalue weighted by atomic mass is 9.70. The Morgan fingerprint density at radius 3 is 2.07 bits per heavy atom. The van der Waals surface area contributed by atoms with E-state index in [1.54, 1.807) is 14.1 Å². The van der Waals surface area contributed by atoms with E-state index in [9.17, 15) is 9.59 Å². The van der Waals surface area contributed by atoms with Crippen molar-refractivity contribution in [3.05, 3.63) is 48.6 Å². The molecule has 0 spiro atoms. The highest BCUT2D eigenvalue weighted by atomic mass is 32.1. The second-order valence-corrected chi connectivity index (χ2v) is 9.65. The Kier molecular flexibility index (Phi) is 5.43. The Morgan fingerprint density at radius 2 is 1.67 bits per heavy atom. The third-order valence-electron chi connectivity index (χ3n) is 5.37. The van der Waals surface area contributed by atoms with Gasteiger partial charge < -0.3 is 16.4 Å². The number of hydrogen-bond donors (Lipinski definition) is 4. The van der Waals surface area contributed by atoms with Crippen molar-refractivity contribution in [1.82, 2.24) is 31.3 Å². The van der Waals surface area contributed by atoms with E-state index in [1.165, 1.54) is 22.7 Å². The molecule has 0 fully saturated rings. The Balaban J connectivity index is 2.03. The summed E-state index contributed by atoms with van der Waals surface area (Å²) in [6.07, 6.45) is 2.03. The second kappa shape index (κ2) is 7.89. The molecule has 1 aliphatic carbocycles. The zero-order valence-electron chi connectivity index (χ0n) is 16.9. The number of H-pyrrole nitrogens is 1. The number of tetrazole rings is 1. The van der Waals surface area contributed by atoms with Crippen LogP contribution in [0.5, 0.6) is 0 Å². The molecule has 0 bridgehead atoms. The van der Waals surface area contributed by atoms with Crippen LogP contribution in [-0.4, -0.2) is 52.6 Å². The highest BCUT2D eigenvalue weighted by Crippen LogP contribution is 2.50. The second-order valence-electron chi connectivity index (χ2n) is 7.38. The molecule has 11 heteroatoms. The molecule has 0 aromatic carbocycles. The molecule has 0 radical (unpaired) electrons. The molecule has 0 unspecified atom stereocenters. The number of aromatic nitrogens is 4. The normalized spacial score (nSPS) is 15.6. The third kappa shape index (κ3) is 3.22. The molecule has 158 valence electrons. The molecule has 1 aliphatic rings. The summed E-state index contributed by atoms with van der Waals surface area (Å²) in [5.74, 6) is 0.228. The molecule has 0 aliphatic heterocycles. The summed E-state index contributed by atoms with van der Waals surface area (Å²) in [4.78, 5) is 28.2. The summed E-state index contributed by atoms with van der Waals surface area (Å²) in [6, 6.07) is 3.65. The number of nitrogens with two attached hydrogens (primary N) is 1. The maximum absolute atomic E-state index is 12.4. The van der Waals surface area contributed by atoms with Crippen LogP contribution >= 0.6 is 22.7 Å². The fourth-order valence-corrected chi connectivity index (χ4v) is 6.54. The smallest absolute Gasteiger partial charge is 0.261 e. The van der Waals surface area contributed by atoms with Gasteiger partial charge in [-0.3, -0.25) is 9.59 Å². The minimum absolute atomic E-state index is 0.132. The van der Waals surface area contributed by atoms with E-state index in [2.05, 4.69) is 31.3 Å². The largest absolute Gasteiger partial charge is 0.354 e. The first-order valence-corrected chi connectivity index (χ1v) is 11.2. The molecule has 3 aromatic rings. The molecule has 2 amide bonds. The average molecular weight is 446 g/mol. The van der Waals surface area contributed by atoms with Gasteiger partial charge in [-0.05, 0) is 49.4 Å². The number of nitrogens with one attached hydrogen (secondary N) is 3. The van der Waals surface area contributed by atoms with Gasteiger partial charge in [0.1, 0.15) is 0 Å². The van der Waals surface area contributed by atoms with Crippen molar-refractivity contribution in [2.75, 3.05) is 14.1 Å². The summed E-state index contributed by atoms with van der Waals surface area (Å²) in [6.45, 7) is 1.93. The van der Waals surface area contributed by atoms with E-state index in [-0.39, 0.29) is 17.9 Å². The molecule has 0 saturated heterocycles. The van der Waals surface area contributed by atoms with Crippen LogP contribution in [0, 0.1) is 0 Å². The molecule has 3 aromatic heterocycles. The fourth-order valence-electron chi connectivity index (χ4n) is 4.17. The minimum Gasteiger partial charge on any atom is -0.354 e. The van der Waals surface area contributed by atoms with Crippen molar-refractivity contribution in [2.24, 2.45) is 5.73 Å². The van der Waals surface area contributed by atoms with Crippen molar-refractivity contribution in [1.29, 1.82) is 0 Å². The van der Waals surface area contributed by atoms with Crippen LogP contribution in [0.2, 0.25) is 0 Å². The lowest BCUT2D eigenvalue weighted by Crippen LogP contribution is -2.37. The summed E-state index contributed by atoms with van der Waals surface area (Å²) in [5, 5.41) is 20.5. The van der Waals surface area contributed by atoms with E-state index in [0.717, 1.165) is 33.7 Å². The van der Waals surface area contributed by atoms with Crippen LogP contribution < -0.4 is 16.4 Å². The standard InChI is InChI=1S/C19H23N7O2S2/c1-9(20)8-19(18-23-25-26-24-18)10-6-14(16(27)21-2)29-12(10)4-5-13-11(19)7-15(30-13)17(28)22-3/h6-7,9H,4-5,8,20H2,1-3H3,(H,21,27)(H,22,28)(H,23,24,25,26)/t9-/m0/s1. The van der Waals surface area contributed by atoms with Crippen molar-refractivity contribution in [3.8, 4) is 0 Å². The zero-order chi connectivity index (χ0) is 21.5. The minimum atomic E-state index is -0.798. The van der Waals surface area contributed by atoms with Gasteiger partial charge in [0.05, 0.1) is 15.2 Å². The molecule has 3 heterocycles.